The van der Waals surface area contributed by atoms with Crippen LogP contribution in [-0.2, 0) is 13.6 Å². The lowest BCUT2D eigenvalue weighted by atomic mass is 9.95. The fourth-order valence-corrected chi connectivity index (χ4v) is 2.57. The molecule has 1 aromatic heterocycles. The Morgan fingerprint density at radius 1 is 1.33 bits per heavy atom. The molecule has 1 amide bonds. The monoisotopic (exact) mass is 339 g/mol. The Morgan fingerprint density at radius 3 is 2.50 bits per heavy atom. The van der Waals surface area contributed by atoms with E-state index >= 15 is 0 Å². The van der Waals surface area contributed by atoms with E-state index in [-0.39, 0.29) is 12.5 Å². The molecule has 1 heterocycles. The second kappa shape index (κ2) is 7.07. The second-order valence-corrected chi connectivity index (χ2v) is 6.04. The number of rotatable bonds is 5. The van der Waals surface area contributed by atoms with Crippen molar-refractivity contribution in [3.05, 3.63) is 52.6 Å². The van der Waals surface area contributed by atoms with Crippen molar-refractivity contribution in [3.63, 3.8) is 0 Å². The molecular weight excluding hydrogens is 319 g/mol. The lowest BCUT2D eigenvalue weighted by Gasteiger charge is -2.24. The van der Waals surface area contributed by atoms with Crippen molar-refractivity contribution in [2.45, 2.75) is 39.8 Å². The van der Waals surface area contributed by atoms with Gasteiger partial charge in [0.25, 0.3) is 5.91 Å². The first kappa shape index (κ1) is 18.0. The lowest BCUT2D eigenvalue weighted by Crippen LogP contribution is -2.35. The molecule has 0 aliphatic heterocycles. The van der Waals surface area contributed by atoms with Gasteiger partial charge in [-0.05, 0) is 24.0 Å². The Kier molecular flexibility index (Phi) is 5.31. The predicted octanol–water partition coefficient (Wildman–Crippen LogP) is 3.86. The predicted molar refractivity (Wildman–Crippen MR) is 84.3 cm³/mol. The first-order valence-corrected chi connectivity index (χ1v) is 7.58. The van der Waals surface area contributed by atoms with Gasteiger partial charge in [-0.2, -0.15) is 18.3 Å². The number of aromatic nitrogens is 2. The maximum absolute atomic E-state index is 13.9. The number of carbonyl (C=O) groups excluding carboxylic acids is 1. The summed E-state index contributed by atoms with van der Waals surface area (Å²) in [6.07, 6.45) is 0.965. The minimum atomic E-state index is -3.04. The quantitative estimate of drug-likeness (QED) is 0.776. The molecule has 0 unspecified atom stereocenters. The SMILES string of the molecule is Cc1ccc(C(C)C)c(CN(C(=O)c2cnn(C)c2F)C(F)F)c1. The van der Waals surface area contributed by atoms with Crippen LogP contribution in [0.5, 0.6) is 0 Å². The van der Waals surface area contributed by atoms with E-state index in [1.807, 2.05) is 32.9 Å². The zero-order valence-electron chi connectivity index (χ0n) is 14.1. The van der Waals surface area contributed by atoms with Crippen LogP contribution in [0.1, 0.15) is 46.8 Å². The van der Waals surface area contributed by atoms with Crippen molar-refractivity contribution in [1.29, 1.82) is 0 Å². The van der Waals surface area contributed by atoms with E-state index in [9.17, 15) is 18.0 Å². The van der Waals surface area contributed by atoms with Crippen LogP contribution in [0.2, 0.25) is 0 Å². The van der Waals surface area contributed by atoms with Gasteiger partial charge >= 0.3 is 6.55 Å². The van der Waals surface area contributed by atoms with Crippen LogP contribution in [0.25, 0.3) is 0 Å². The Morgan fingerprint density at radius 2 is 2.00 bits per heavy atom. The van der Waals surface area contributed by atoms with Gasteiger partial charge in [0, 0.05) is 7.05 Å². The fraction of sp³-hybridized carbons (Fsp3) is 0.412. The van der Waals surface area contributed by atoms with Gasteiger partial charge in [-0.3, -0.25) is 9.69 Å². The number of carbonyl (C=O) groups is 1. The van der Waals surface area contributed by atoms with Crippen LogP contribution in [-0.4, -0.2) is 27.1 Å². The summed E-state index contributed by atoms with van der Waals surface area (Å²) in [7, 11) is 1.30. The number of alkyl halides is 2. The van der Waals surface area contributed by atoms with Gasteiger partial charge < -0.3 is 0 Å². The van der Waals surface area contributed by atoms with Crippen LogP contribution in [0.3, 0.4) is 0 Å². The van der Waals surface area contributed by atoms with Crippen LogP contribution in [0, 0.1) is 12.9 Å². The summed E-state index contributed by atoms with van der Waals surface area (Å²) in [5, 5.41) is 3.60. The van der Waals surface area contributed by atoms with E-state index in [0.29, 0.717) is 10.5 Å². The first-order valence-electron chi connectivity index (χ1n) is 7.58. The van der Waals surface area contributed by atoms with Crippen molar-refractivity contribution in [1.82, 2.24) is 14.7 Å². The highest BCUT2D eigenvalue weighted by Crippen LogP contribution is 2.24. The van der Waals surface area contributed by atoms with Gasteiger partial charge in [-0.25, -0.2) is 4.68 Å². The van der Waals surface area contributed by atoms with Crippen LogP contribution in [0.4, 0.5) is 13.2 Å². The number of aryl methyl sites for hydroxylation is 2. The normalized spacial score (nSPS) is 11.4. The van der Waals surface area contributed by atoms with E-state index < -0.39 is 24.0 Å². The summed E-state index contributed by atoms with van der Waals surface area (Å²) < 4.78 is 41.6. The molecule has 7 heteroatoms. The molecule has 4 nitrogen and oxygen atoms in total. The third-order valence-electron chi connectivity index (χ3n) is 3.85. The molecule has 0 aliphatic rings. The van der Waals surface area contributed by atoms with Crippen LogP contribution < -0.4 is 0 Å². The number of hydrogen-bond donors (Lipinski definition) is 0. The maximum atomic E-state index is 13.9. The molecule has 2 aromatic rings. The number of benzene rings is 1. The average Bonchev–Trinajstić information content (AvgIpc) is 2.83. The van der Waals surface area contributed by atoms with E-state index in [1.165, 1.54) is 7.05 Å². The molecule has 24 heavy (non-hydrogen) atoms. The summed E-state index contributed by atoms with van der Waals surface area (Å²) in [6, 6.07) is 5.54. The Balaban J connectivity index is 2.38. The summed E-state index contributed by atoms with van der Waals surface area (Å²) in [6.45, 7) is 2.41. The third-order valence-corrected chi connectivity index (χ3v) is 3.85. The van der Waals surface area contributed by atoms with Gasteiger partial charge in [0.1, 0.15) is 5.56 Å². The zero-order valence-corrected chi connectivity index (χ0v) is 14.1. The summed E-state index contributed by atoms with van der Waals surface area (Å²) >= 11 is 0. The number of nitrogens with zero attached hydrogens (tertiary/aromatic N) is 3. The van der Waals surface area contributed by atoms with E-state index in [4.69, 9.17) is 0 Å². The molecule has 0 saturated heterocycles. The van der Waals surface area contributed by atoms with Gasteiger partial charge in [-0.1, -0.05) is 37.6 Å². The minimum Gasteiger partial charge on any atom is -0.278 e. The number of halogens is 3. The van der Waals surface area contributed by atoms with Crippen molar-refractivity contribution >= 4 is 5.91 Å². The van der Waals surface area contributed by atoms with E-state index in [2.05, 4.69) is 5.10 Å². The van der Waals surface area contributed by atoms with Crippen LogP contribution >= 0.6 is 0 Å². The largest absolute Gasteiger partial charge is 0.318 e. The summed E-state index contributed by atoms with van der Waals surface area (Å²) in [5.41, 5.74) is 1.95. The van der Waals surface area contributed by atoms with Gasteiger partial charge in [0.2, 0.25) is 5.95 Å². The highest BCUT2D eigenvalue weighted by molar-refractivity contribution is 5.94. The molecule has 0 saturated carbocycles. The molecule has 0 radical (unpaired) electrons. The molecule has 1 aromatic carbocycles. The highest BCUT2D eigenvalue weighted by atomic mass is 19.3. The minimum absolute atomic E-state index is 0.116. The smallest absolute Gasteiger partial charge is 0.278 e. The first-order chi connectivity index (χ1) is 11.2. The molecule has 2 rings (SSSR count). The van der Waals surface area contributed by atoms with Crippen molar-refractivity contribution < 1.29 is 18.0 Å². The van der Waals surface area contributed by atoms with E-state index in [1.54, 1.807) is 6.07 Å². The average molecular weight is 339 g/mol. The molecule has 0 bridgehead atoms. The van der Waals surface area contributed by atoms with Crippen molar-refractivity contribution in [2.24, 2.45) is 7.05 Å². The maximum Gasteiger partial charge on any atom is 0.318 e. The molecule has 0 fully saturated rings. The molecule has 0 atom stereocenters. The standard InChI is InChI=1S/C17H20F3N3O/c1-10(2)13-6-5-11(3)7-12(13)9-23(17(19)20)16(24)14-8-21-22(4)15(14)18/h5-8,10,17H,9H2,1-4H3. The van der Waals surface area contributed by atoms with Gasteiger partial charge in [0.15, 0.2) is 0 Å². The Hall–Kier alpha value is -2.31. The fourth-order valence-electron chi connectivity index (χ4n) is 2.57. The third kappa shape index (κ3) is 3.60. The van der Waals surface area contributed by atoms with Gasteiger partial charge in [-0.15, -0.1) is 0 Å². The van der Waals surface area contributed by atoms with Crippen LogP contribution in [0.15, 0.2) is 24.4 Å². The molecule has 130 valence electrons. The summed E-state index contributed by atoms with van der Waals surface area (Å²) in [5.74, 6) is -1.89. The lowest BCUT2D eigenvalue weighted by molar-refractivity contribution is -0.0190. The Labute approximate surface area is 138 Å². The zero-order chi connectivity index (χ0) is 18.0. The number of hydrogen-bond acceptors (Lipinski definition) is 2. The van der Waals surface area contributed by atoms with Crippen molar-refractivity contribution in [2.75, 3.05) is 0 Å². The topological polar surface area (TPSA) is 38.1 Å². The summed E-state index contributed by atoms with van der Waals surface area (Å²) in [4.78, 5) is 12.7. The van der Waals surface area contributed by atoms with Gasteiger partial charge in [0.05, 0.1) is 12.7 Å². The van der Waals surface area contributed by atoms with E-state index in [0.717, 1.165) is 22.0 Å². The number of amides is 1. The highest BCUT2D eigenvalue weighted by Gasteiger charge is 2.29. The van der Waals surface area contributed by atoms with Crippen molar-refractivity contribution in [3.8, 4) is 0 Å². The molecule has 0 spiro atoms. The molecule has 0 aliphatic carbocycles. The molecular formula is C17H20F3N3O. The molecule has 0 N–H and O–H groups in total. The second-order valence-electron chi connectivity index (χ2n) is 6.04. The Bertz CT molecular complexity index is 741.